The molecule has 0 aliphatic carbocycles. The maximum Gasteiger partial charge on any atom is 0.0510 e. The van der Waals surface area contributed by atoms with Crippen LogP contribution < -0.4 is 5.73 Å². The lowest BCUT2D eigenvalue weighted by Gasteiger charge is -2.35. The van der Waals surface area contributed by atoms with Crippen LogP contribution in [0.2, 0.25) is 0 Å². The second-order valence-corrected chi connectivity index (χ2v) is 6.31. The number of rotatable bonds is 5. The summed E-state index contributed by atoms with van der Waals surface area (Å²) in [6, 6.07) is 11.1. The van der Waals surface area contributed by atoms with Gasteiger partial charge in [0.25, 0.3) is 0 Å². The molecule has 3 nitrogen and oxygen atoms in total. The molecule has 0 saturated carbocycles. The van der Waals surface area contributed by atoms with Crippen LogP contribution in [-0.2, 0) is 5.54 Å². The van der Waals surface area contributed by atoms with E-state index in [2.05, 4.69) is 55.1 Å². The first-order valence-electron chi connectivity index (χ1n) is 7.22. The van der Waals surface area contributed by atoms with Crippen LogP contribution in [0.4, 0.5) is 0 Å². The van der Waals surface area contributed by atoms with Crippen molar-refractivity contribution >= 4 is 0 Å². The van der Waals surface area contributed by atoms with E-state index in [0.29, 0.717) is 6.04 Å². The minimum absolute atomic E-state index is 0.268. The molecule has 3 heteroatoms. The average molecular weight is 261 g/mol. The van der Waals surface area contributed by atoms with E-state index in [1.54, 1.807) is 0 Å². The number of nitrogens with two attached hydrogens (primary N) is 1. The third-order valence-electron chi connectivity index (χ3n) is 4.04. The molecule has 0 radical (unpaired) electrons. The summed E-state index contributed by atoms with van der Waals surface area (Å²) in [7, 11) is 4.30. The van der Waals surface area contributed by atoms with Crippen molar-refractivity contribution in [3.8, 4) is 0 Å². The zero-order chi connectivity index (χ0) is 13.9. The van der Waals surface area contributed by atoms with Gasteiger partial charge < -0.3 is 10.6 Å². The number of likely N-dealkylation sites (tertiary alicyclic amines) is 1. The van der Waals surface area contributed by atoms with Crippen LogP contribution in [0.3, 0.4) is 0 Å². The lowest BCUT2D eigenvalue weighted by atomic mass is 9.92. The van der Waals surface area contributed by atoms with Gasteiger partial charge in [0.05, 0.1) is 5.54 Å². The molecule has 2 N–H and O–H groups in total. The highest BCUT2D eigenvalue weighted by Gasteiger charge is 2.31. The van der Waals surface area contributed by atoms with E-state index >= 15 is 0 Å². The number of benzene rings is 1. The van der Waals surface area contributed by atoms with Crippen molar-refractivity contribution in [2.24, 2.45) is 5.73 Å². The molecule has 1 aliphatic heterocycles. The van der Waals surface area contributed by atoms with Gasteiger partial charge in [0.2, 0.25) is 0 Å². The Morgan fingerprint density at radius 2 is 2.00 bits per heavy atom. The van der Waals surface area contributed by atoms with Gasteiger partial charge in [-0.15, -0.1) is 0 Å². The zero-order valence-corrected chi connectivity index (χ0v) is 12.5. The van der Waals surface area contributed by atoms with Gasteiger partial charge in [0.1, 0.15) is 0 Å². The number of hydrogen-bond acceptors (Lipinski definition) is 3. The van der Waals surface area contributed by atoms with E-state index in [0.717, 1.165) is 13.1 Å². The van der Waals surface area contributed by atoms with Crippen molar-refractivity contribution in [3.05, 3.63) is 35.9 Å². The van der Waals surface area contributed by atoms with Crippen molar-refractivity contribution < 1.29 is 0 Å². The molecule has 0 bridgehead atoms. The molecule has 2 atom stereocenters. The summed E-state index contributed by atoms with van der Waals surface area (Å²) in [6.45, 7) is 5.39. The molecule has 19 heavy (non-hydrogen) atoms. The monoisotopic (exact) mass is 261 g/mol. The first kappa shape index (κ1) is 14.5. The highest BCUT2D eigenvalue weighted by atomic mass is 15.2. The van der Waals surface area contributed by atoms with Crippen LogP contribution in [0.5, 0.6) is 0 Å². The van der Waals surface area contributed by atoms with E-state index in [1.807, 2.05) is 6.07 Å². The third kappa shape index (κ3) is 3.78. The molecular weight excluding hydrogens is 234 g/mol. The quantitative estimate of drug-likeness (QED) is 0.878. The summed E-state index contributed by atoms with van der Waals surface area (Å²) in [5.74, 6) is 0. The summed E-state index contributed by atoms with van der Waals surface area (Å²) >= 11 is 0. The Hall–Kier alpha value is -0.900. The summed E-state index contributed by atoms with van der Waals surface area (Å²) in [5.41, 5.74) is 7.52. The van der Waals surface area contributed by atoms with Crippen LogP contribution in [-0.4, -0.2) is 49.6 Å². The minimum atomic E-state index is -0.268. The number of nitrogens with zero attached hydrogens (tertiary/aromatic N) is 2. The third-order valence-corrected chi connectivity index (χ3v) is 4.04. The largest absolute Gasteiger partial charge is 0.321 e. The van der Waals surface area contributed by atoms with E-state index in [1.165, 1.54) is 24.9 Å². The number of hydrogen-bond donors (Lipinski definition) is 1. The maximum atomic E-state index is 6.56. The molecule has 1 aromatic carbocycles. The summed E-state index contributed by atoms with van der Waals surface area (Å²) < 4.78 is 0. The maximum absolute atomic E-state index is 6.56. The van der Waals surface area contributed by atoms with Gasteiger partial charge in [-0.2, -0.15) is 0 Å². The first-order valence-corrected chi connectivity index (χ1v) is 7.22. The lowest BCUT2D eigenvalue weighted by molar-refractivity contribution is 0.172. The van der Waals surface area contributed by atoms with Gasteiger partial charge in [-0.25, -0.2) is 0 Å². The fraction of sp³-hybridized carbons (Fsp3) is 0.625. The fourth-order valence-corrected chi connectivity index (χ4v) is 3.06. The molecule has 1 aromatic rings. The Balaban J connectivity index is 2.03. The second-order valence-electron chi connectivity index (χ2n) is 6.31. The normalized spacial score (nSPS) is 23.7. The van der Waals surface area contributed by atoms with Gasteiger partial charge in [0.15, 0.2) is 0 Å². The van der Waals surface area contributed by atoms with Crippen molar-refractivity contribution in [2.75, 3.05) is 33.7 Å². The van der Waals surface area contributed by atoms with E-state index in [4.69, 9.17) is 5.73 Å². The van der Waals surface area contributed by atoms with Crippen LogP contribution in [0, 0.1) is 0 Å². The predicted octanol–water partition coefficient (Wildman–Crippen LogP) is 1.89. The van der Waals surface area contributed by atoms with Crippen LogP contribution >= 0.6 is 0 Å². The first-order chi connectivity index (χ1) is 8.99. The van der Waals surface area contributed by atoms with Crippen LogP contribution in [0.25, 0.3) is 0 Å². The van der Waals surface area contributed by atoms with Gasteiger partial charge >= 0.3 is 0 Å². The van der Waals surface area contributed by atoms with E-state index < -0.39 is 0 Å². The number of likely N-dealkylation sites (N-methyl/N-ethyl adjacent to an activating group) is 1. The molecule has 1 fully saturated rings. The van der Waals surface area contributed by atoms with Crippen LogP contribution in [0.15, 0.2) is 30.3 Å². The molecule has 1 aliphatic rings. The molecule has 0 amide bonds. The Morgan fingerprint density at radius 3 is 2.63 bits per heavy atom. The summed E-state index contributed by atoms with van der Waals surface area (Å²) in [5, 5.41) is 0. The van der Waals surface area contributed by atoms with Gasteiger partial charge in [-0.1, -0.05) is 30.3 Å². The highest BCUT2D eigenvalue weighted by Crippen LogP contribution is 2.24. The minimum Gasteiger partial charge on any atom is -0.321 e. The highest BCUT2D eigenvalue weighted by molar-refractivity contribution is 5.23. The topological polar surface area (TPSA) is 32.5 Å². The standard InChI is InChI=1S/C16H27N3/c1-16(17,14-8-5-4-6-9-14)13-19-11-7-10-15(19)12-18(2)3/h4-6,8-9,15H,7,10-13,17H2,1-3H3. The Labute approximate surface area is 117 Å². The van der Waals surface area contributed by atoms with Crippen molar-refractivity contribution in [1.82, 2.24) is 9.80 Å². The molecule has 2 unspecified atom stereocenters. The Morgan fingerprint density at radius 1 is 1.32 bits per heavy atom. The Kier molecular flexibility index (Phi) is 4.61. The molecule has 1 saturated heterocycles. The second kappa shape index (κ2) is 6.04. The summed E-state index contributed by atoms with van der Waals surface area (Å²) in [4.78, 5) is 4.84. The van der Waals surface area contributed by atoms with Gasteiger partial charge in [-0.05, 0) is 46.0 Å². The molecular formula is C16H27N3. The lowest BCUT2D eigenvalue weighted by Crippen LogP contribution is -2.49. The Bertz CT molecular complexity index is 386. The van der Waals surface area contributed by atoms with Crippen LogP contribution in [0.1, 0.15) is 25.3 Å². The van der Waals surface area contributed by atoms with Gasteiger partial charge in [0, 0.05) is 19.1 Å². The molecule has 2 rings (SSSR count). The molecule has 1 heterocycles. The average Bonchev–Trinajstić information content (AvgIpc) is 2.76. The smallest absolute Gasteiger partial charge is 0.0510 e. The van der Waals surface area contributed by atoms with Gasteiger partial charge in [-0.3, -0.25) is 4.90 Å². The van der Waals surface area contributed by atoms with Crippen molar-refractivity contribution in [1.29, 1.82) is 0 Å². The SMILES string of the molecule is CN(C)CC1CCCN1CC(C)(N)c1ccccc1. The predicted molar refractivity (Wildman–Crippen MR) is 81.1 cm³/mol. The molecule has 0 spiro atoms. The fourth-order valence-electron chi connectivity index (χ4n) is 3.06. The van der Waals surface area contributed by atoms with E-state index in [-0.39, 0.29) is 5.54 Å². The molecule has 0 aromatic heterocycles. The van der Waals surface area contributed by atoms with Crippen molar-refractivity contribution in [3.63, 3.8) is 0 Å². The van der Waals surface area contributed by atoms with Crippen molar-refractivity contribution in [2.45, 2.75) is 31.3 Å². The summed E-state index contributed by atoms with van der Waals surface area (Å²) in [6.07, 6.45) is 2.59. The zero-order valence-electron chi connectivity index (χ0n) is 12.5. The van der Waals surface area contributed by atoms with E-state index in [9.17, 15) is 0 Å². The molecule has 106 valence electrons.